The molecular weight excluding hydrogens is 306 g/mol. The van der Waals surface area contributed by atoms with Gasteiger partial charge in [0.1, 0.15) is 5.69 Å². The van der Waals surface area contributed by atoms with Crippen molar-refractivity contribution in [3.8, 4) is 0 Å². The molecule has 23 heavy (non-hydrogen) atoms. The van der Waals surface area contributed by atoms with E-state index in [1.807, 2.05) is 19.1 Å². The molecule has 1 N–H and O–H groups in total. The first-order valence-corrected chi connectivity index (χ1v) is 8.77. The van der Waals surface area contributed by atoms with Crippen molar-refractivity contribution in [3.63, 3.8) is 0 Å². The van der Waals surface area contributed by atoms with Crippen LogP contribution in [0.3, 0.4) is 0 Å². The normalized spacial score (nSPS) is 16.7. The van der Waals surface area contributed by atoms with Crippen molar-refractivity contribution in [1.29, 1.82) is 0 Å². The molecule has 2 aromatic rings. The lowest BCUT2D eigenvalue weighted by molar-refractivity contribution is 0.0925. The van der Waals surface area contributed by atoms with E-state index in [2.05, 4.69) is 38.8 Å². The van der Waals surface area contributed by atoms with E-state index in [1.54, 1.807) is 23.6 Å². The number of thiophene rings is 1. The molecule has 2 aromatic heterocycles. The van der Waals surface area contributed by atoms with Crippen molar-refractivity contribution in [2.75, 3.05) is 19.6 Å². The van der Waals surface area contributed by atoms with Crippen LogP contribution in [0.25, 0.3) is 5.57 Å². The number of rotatable bonds is 5. The molecule has 1 atom stereocenters. The number of hydrogen-bond acceptors (Lipinski definition) is 4. The molecule has 0 aromatic carbocycles. The molecule has 0 spiro atoms. The van der Waals surface area contributed by atoms with Gasteiger partial charge in [-0.3, -0.25) is 14.7 Å². The van der Waals surface area contributed by atoms with Crippen molar-refractivity contribution >= 4 is 22.8 Å². The van der Waals surface area contributed by atoms with E-state index < -0.39 is 0 Å². The third-order valence-electron chi connectivity index (χ3n) is 3.94. The molecule has 1 aliphatic rings. The van der Waals surface area contributed by atoms with Gasteiger partial charge in [0.05, 0.1) is 0 Å². The second-order valence-corrected chi connectivity index (χ2v) is 6.75. The lowest BCUT2D eigenvalue weighted by atomic mass is 10.1. The SMILES string of the molecule is C[C@H](CN1CC=C(c2cccs2)CC1)NC(=O)c1ccccn1. The Morgan fingerprint density at radius 3 is 2.96 bits per heavy atom. The zero-order valence-electron chi connectivity index (χ0n) is 13.2. The monoisotopic (exact) mass is 327 g/mol. The van der Waals surface area contributed by atoms with E-state index >= 15 is 0 Å². The van der Waals surface area contributed by atoms with Crippen LogP contribution in [0.15, 0.2) is 48.0 Å². The van der Waals surface area contributed by atoms with Crippen molar-refractivity contribution in [2.24, 2.45) is 0 Å². The third kappa shape index (κ3) is 4.27. The summed E-state index contributed by atoms with van der Waals surface area (Å²) >= 11 is 1.80. The summed E-state index contributed by atoms with van der Waals surface area (Å²) in [7, 11) is 0. The largest absolute Gasteiger partial charge is 0.347 e. The Labute approximate surface area is 140 Å². The van der Waals surface area contributed by atoms with Crippen LogP contribution >= 0.6 is 11.3 Å². The van der Waals surface area contributed by atoms with Crippen LogP contribution in [0.4, 0.5) is 0 Å². The Morgan fingerprint density at radius 2 is 2.30 bits per heavy atom. The second-order valence-electron chi connectivity index (χ2n) is 5.81. The van der Waals surface area contributed by atoms with Crippen LogP contribution in [0.2, 0.25) is 0 Å². The minimum Gasteiger partial charge on any atom is -0.347 e. The van der Waals surface area contributed by atoms with Gasteiger partial charge in [-0.05, 0) is 42.5 Å². The highest BCUT2D eigenvalue weighted by Gasteiger charge is 2.17. The number of aromatic nitrogens is 1. The van der Waals surface area contributed by atoms with Crippen LogP contribution in [0.5, 0.6) is 0 Å². The summed E-state index contributed by atoms with van der Waals surface area (Å²) in [6, 6.07) is 9.75. The standard InChI is InChI=1S/C18H21N3OS/c1-14(20-18(22)16-5-2-3-9-19-16)13-21-10-7-15(8-11-21)17-6-4-12-23-17/h2-7,9,12,14H,8,10-11,13H2,1H3,(H,20,22)/t14-/m1/s1. The maximum absolute atomic E-state index is 12.1. The van der Waals surface area contributed by atoms with Crippen LogP contribution in [-0.2, 0) is 0 Å². The van der Waals surface area contributed by atoms with Crippen LogP contribution in [0.1, 0.15) is 28.7 Å². The molecule has 0 unspecified atom stereocenters. The molecule has 1 aliphatic heterocycles. The van der Waals surface area contributed by atoms with E-state index in [0.717, 1.165) is 26.1 Å². The molecule has 5 heteroatoms. The van der Waals surface area contributed by atoms with Gasteiger partial charge in [-0.1, -0.05) is 18.2 Å². The first-order chi connectivity index (χ1) is 11.2. The van der Waals surface area contributed by atoms with Crippen molar-refractivity contribution in [1.82, 2.24) is 15.2 Å². The number of amides is 1. The molecular formula is C18H21N3OS. The molecule has 120 valence electrons. The predicted molar refractivity (Wildman–Crippen MR) is 94.5 cm³/mol. The van der Waals surface area contributed by atoms with E-state index in [9.17, 15) is 4.79 Å². The fraction of sp³-hybridized carbons (Fsp3) is 0.333. The van der Waals surface area contributed by atoms with Gasteiger partial charge in [-0.2, -0.15) is 0 Å². The number of pyridine rings is 1. The van der Waals surface area contributed by atoms with E-state index in [0.29, 0.717) is 5.69 Å². The Kier molecular flexibility index (Phi) is 5.20. The minimum atomic E-state index is -0.107. The second kappa shape index (κ2) is 7.53. The summed E-state index contributed by atoms with van der Waals surface area (Å²) in [4.78, 5) is 19.9. The maximum atomic E-state index is 12.1. The summed E-state index contributed by atoms with van der Waals surface area (Å²) in [6.45, 7) is 4.87. The highest BCUT2D eigenvalue weighted by molar-refractivity contribution is 7.11. The first-order valence-electron chi connectivity index (χ1n) is 7.89. The Hall–Kier alpha value is -1.98. The van der Waals surface area contributed by atoms with Gasteiger partial charge in [-0.25, -0.2) is 0 Å². The van der Waals surface area contributed by atoms with Gasteiger partial charge >= 0.3 is 0 Å². The highest BCUT2D eigenvalue weighted by Crippen LogP contribution is 2.25. The topological polar surface area (TPSA) is 45.2 Å². The summed E-state index contributed by atoms with van der Waals surface area (Å²) in [6.07, 6.45) is 5.02. The third-order valence-corrected chi connectivity index (χ3v) is 4.88. The predicted octanol–water partition coefficient (Wildman–Crippen LogP) is 3.05. The van der Waals surface area contributed by atoms with Crippen LogP contribution < -0.4 is 5.32 Å². The molecule has 0 saturated heterocycles. The maximum Gasteiger partial charge on any atom is 0.270 e. The molecule has 1 amide bonds. The number of carbonyl (C=O) groups excluding carboxylic acids is 1. The number of nitrogens with zero attached hydrogens (tertiary/aromatic N) is 2. The van der Waals surface area contributed by atoms with Crippen molar-refractivity contribution < 1.29 is 4.79 Å². The molecule has 0 radical (unpaired) electrons. The molecule has 0 aliphatic carbocycles. The summed E-state index contributed by atoms with van der Waals surface area (Å²) in [5, 5.41) is 5.14. The number of hydrogen-bond donors (Lipinski definition) is 1. The molecule has 3 rings (SSSR count). The van der Waals surface area contributed by atoms with Crippen molar-refractivity contribution in [3.05, 3.63) is 58.6 Å². The summed E-state index contributed by atoms with van der Waals surface area (Å²) in [5.41, 5.74) is 1.92. The van der Waals surface area contributed by atoms with Gasteiger partial charge in [-0.15, -0.1) is 11.3 Å². The Balaban J connectivity index is 1.49. The minimum absolute atomic E-state index is 0.0983. The van der Waals surface area contributed by atoms with E-state index in [-0.39, 0.29) is 11.9 Å². The molecule has 4 nitrogen and oxygen atoms in total. The Morgan fingerprint density at radius 1 is 1.39 bits per heavy atom. The molecule has 0 saturated carbocycles. The Bertz CT molecular complexity index is 667. The van der Waals surface area contributed by atoms with E-state index in [4.69, 9.17) is 0 Å². The van der Waals surface area contributed by atoms with Gasteiger partial charge in [0.2, 0.25) is 0 Å². The van der Waals surface area contributed by atoms with E-state index in [1.165, 1.54) is 10.5 Å². The average molecular weight is 327 g/mol. The zero-order valence-corrected chi connectivity index (χ0v) is 14.1. The van der Waals surface area contributed by atoms with Crippen LogP contribution in [-0.4, -0.2) is 41.5 Å². The summed E-state index contributed by atoms with van der Waals surface area (Å²) in [5.74, 6) is -0.107. The van der Waals surface area contributed by atoms with Gasteiger partial charge in [0, 0.05) is 36.8 Å². The number of carbonyl (C=O) groups is 1. The molecule has 0 bridgehead atoms. The van der Waals surface area contributed by atoms with Gasteiger partial charge < -0.3 is 5.32 Å². The quantitative estimate of drug-likeness (QED) is 0.918. The summed E-state index contributed by atoms with van der Waals surface area (Å²) < 4.78 is 0. The number of nitrogens with one attached hydrogen (secondary N) is 1. The lowest BCUT2D eigenvalue weighted by Crippen LogP contribution is -2.43. The average Bonchev–Trinajstić information content (AvgIpc) is 3.11. The highest BCUT2D eigenvalue weighted by atomic mass is 32.1. The smallest absolute Gasteiger partial charge is 0.270 e. The van der Waals surface area contributed by atoms with Gasteiger partial charge in [0.25, 0.3) is 5.91 Å². The zero-order chi connectivity index (χ0) is 16.1. The van der Waals surface area contributed by atoms with Crippen LogP contribution in [0, 0.1) is 0 Å². The fourth-order valence-electron chi connectivity index (χ4n) is 2.79. The lowest BCUT2D eigenvalue weighted by Gasteiger charge is -2.28. The molecule has 0 fully saturated rings. The van der Waals surface area contributed by atoms with Gasteiger partial charge in [0.15, 0.2) is 0 Å². The van der Waals surface area contributed by atoms with Crippen molar-refractivity contribution in [2.45, 2.75) is 19.4 Å². The fourth-order valence-corrected chi connectivity index (χ4v) is 3.59. The molecule has 3 heterocycles. The first kappa shape index (κ1) is 15.9.